The summed E-state index contributed by atoms with van der Waals surface area (Å²) in [5, 5.41) is 4.28. The monoisotopic (exact) mass is 319 g/mol. The first kappa shape index (κ1) is 12.9. The highest BCUT2D eigenvalue weighted by Crippen LogP contribution is 2.40. The minimum atomic E-state index is -0.0108. The van der Waals surface area contributed by atoms with E-state index in [4.69, 9.17) is 5.73 Å². The van der Waals surface area contributed by atoms with Gasteiger partial charge in [0.15, 0.2) is 0 Å². The number of aromatic nitrogens is 2. The Bertz CT molecular complexity index is 571. The lowest BCUT2D eigenvalue weighted by Gasteiger charge is -2.30. The number of nitrogens with zero attached hydrogens (tertiary/aromatic N) is 2. The second-order valence-electron chi connectivity index (χ2n) is 5.22. The van der Waals surface area contributed by atoms with Crippen molar-refractivity contribution in [2.24, 2.45) is 12.8 Å². The summed E-state index contributed by atoms with van der Waals surface area (Å²) < 4.78 is 2.89. The van der Waals surface area contributed by atoms with Crippen molar-refractivity contribution < 1.29 is 0 Å². The SMILES string of the molecule is Cn1ncc(Br)c1C(N)C1CCCc2ccccc21. The summed E-state index contributed by atoms with van der Waals surface area (Å²) in [7, 11) is 1.95. The number of nitrogens with two attached hydrogens (primary N) is 1. The van der Waals surface area contributed by atoms with Crippen LogP contribution in [0.2, 0.25) is 0 Å². The van der Waals surface area contributed by atoms with Gasteiger partial charge in [-0.05, 0) is 46.3 Å². The Morgan fingerprint density at radius 2 is 2.21 bits per heavy atom. The molecule has 3 rings (SSSR count). The first-order chi connectivity index (χ1) is 9.18. The van der Waals surface area contributed by atoms with E-state index in [1.807, 2.05) is 17.9 Å². The number of hydrogen-bond acceptors (Lipinski definition) is 2. The van der Waals surface area contributed by atoms with Gasteiger partial charge in [0, 0.05) is 13.0 Å². The molecule has 1 aliphatic rings. The summed E-state index contributed by atoms with van der Waals surface area (Å²) in [5.41, 5.74) is 10.5. The number of fused-ring (bicyclic) bond motifs is 1. The van der Waals surface area contributed by atoms with Crippen LogP contribution >= 0.6 is 15.9 Å². The molecule has 4 heteroatoms. The first-order valence-corrected chi connectivity index (χ1v) is 7.48. The first-order valence-electron chi connectivity index (χ1n) is 6.69. The van der Waals surface area contributed by atoms with E-state index in [1.54, 1.807) is 0 Å². The quantitative estimate of drug-likeness (QED) is 0.923. The van der Waals surface area contributed by atoms with E-state index in [0.29, 0.717) is 5.92 Å². The lowest BCUT2D eigenvalue weighted by atomic mass is 9.78. The molecule has 0 saturated heterocycles. The Morgan fingerprint density at radius 1 is 1.42 bits per heavy atom. The van der Waals surface area contributed by atoms with Crippen LogP contribution in [0.25, 0.3) is 0 Å². The Kier molecular flexibility index (Phi) is 3.46. The van der Waals surface area contributed by atoms with Gasteiger partial charge in [-0.15, -0.1) is 0 Å². The second-order valence-corrected chi connectivity index (χ2v) is 6.08. The highest BCUT2D eigenvalue weighted by Gasteiger charge is 2.29. The Balaban J connectivity index is 2.00. The van der Waals surface area contributed by atoms with E-state index in [9.17, 15) is 0 Å². The molecule has 2 N–H and O–H groups in total. The molecule has 3 nitrogen and oxygen atoms in total. The molecule has 2 unspecified atom stereocenters. The maximum Gasteiger partial charge on any atom is 0.0696 e. The van der Waals surface area contributed by atoms with Crippen molar-refractivity contribution in [2.75, 3.05) is 0 Å². The fourth-order valence-electron chi connectivity index (χ4n) is 3.15. The predicted molar refractivity (Wildman–Crippen MR) is 80.0 cm³/mol. The lowest BCUT2D eigenvalue weighted by Crippen LogP contribution is -2.25. The molecule has 2 atom stereocenters. The summed E-state index contributed by atoms with van der Waals surface area (Å²) in [6.45, 7) is 0. The number of hydrogen-bond donors (Lipinski definition) is 1. The van der Waals surface area contributed by atoms with Gasteiger partial charge >= 0.3 is 0 Å². The summed E-state index contributed by atoms with van der Waals surface area (Å²) in [6, 6.07) is 8.67. The van der Waals surface area contributed by atoms with Crippen LogP contribution in [0, 0.1) is 0 Å². The number of aryl methyl sites for hydroxylation is 2. The van der Waals surface area contributed by atoms with Crippen molar-refractivity contribution >= 4 is 15.9 Å². The molecule has 0 aliphatic heterocycles. The maximum absolute atomic E-state index is 6.54. The van der Waals surface area contributed by atoms with Crippen molar-refractivity contribution in [3.63, 3.8) is 0 Å². The van der Waals surface area contributed by atoms with Crippen LogP contribution in [-0.2, 0) is 13.5 Å². The van der Waals surface area contributed by atoms with Crippen LogP contribution in [0.1, 0.15) is 41.6 Å². The molecule has 1 aliphatic carbocycles. The highest BCUT2D eigenvalue weighted by atomic mass is 79.9. The van der Waals surface area contributed by atoms with Gasteiger partial charge in [0.1, 0.15) is 0 Å². The fraction of sp³-hybridized carbons (Fsp3) is 0.400. The van der Waals surface area contributed by atoms with E-state index in [-0.39, 0.29) is 6.04 Å². The number of benzene rings is 1. The summed E-state index contributed by atoms with van der Waals surface area (Å²) in [5.74, 6) is 0.386. The fourth-order valence-corrected chi connectivity index (χ4v) is 3.76. The Hall–Kier alpha value is -1.13. The normalized spacial score (nSPS) is 20.1. The molecule has 2 aromatic rings. The lowest BCUT2D eigenvalue weighted by molar-refractivity contribution is 0.452. The van der Waals surface area contributed by atoms with Gasteiger partial charge in [0.2, 0.25) is 0 Å². The molecule has 19 heavy (non-hydrogen) atoms. The average Bonchev–Trinajstić information content (AvgIpc) is 2.77. The van der Waals surface area contributed by atoms with Gasteiger partial charge in [0.05, 0.1) is 22.4 Å². The van der Waals surface area contributed by atoms with Gasteiger partial charge < -0.3 is 5.73 Å². The zero-order chi connectivity index (χ0) is 13.4. The zero-order valence-corrected chi connectivity index (χ0v) is 12.6. The second kappa shape index (κ2) is 5.10. The molecule has 0 saturated carbocycles. The minimum absolute atomic E-state index is 0.0108. The van der Waals surface area contributed by atoms with Crippen LogP contribution in [0.5, 0.6) is 0 Å². The van der Waals surface area contributed by atoms with Crippen LogP contribution in [0.4, 0.5) is 0 Å². The molecular formula is C15H18BrN3. The van der Waals surface area contributed by atoms with Crippen LogP contribution in [0.15, 0.2) is 34.9 Å². The van der Waals surface area contributed by atoms with E-state index in [2.05, 4.69) is 45.3 Å². The molecule has 0 fully saturated rings. The van der Waals surface area contributed by atoms with Crippen LogP contribution < -0.4 is 5.73 Å². The van der Waals surface area contributed by atoms with Gasteiger partial charge in [-0.2, -0.15) is 5.10 Å². The summed E-state index contributed by atoms with van der Waals surface area (Å²) in [6.07, 6.45) is 5.36. The van der Waals surface area contributed by atoms with Gasteiger partial charge in [0.25, 0.3) is 0 Å². The molecule has 0 radical (unpaired) electrons. The third kappa shape index (κ3) is 2.23. The van der Waals surface area contributed by atoms with Crippen molar-refractivity contribution in [2.45, 2.75) is 31.2 Å². The Labute approximate surface area is 121 Å². The molecule has 0 bridgehead atoms. The third-order valence-corrected chi connectivity index (χ3v) is 4.71. The largest absolute Gasteiger partial charge is 0.322 e. The number of rotatable bonds is 2. The predicted octanol–water partition coefficient (Wildman–Crippen LogP) is 3.30. The van der Waals surface area contributed by atoms with Crippen molar-refractivity contribution in [1.82, 2.24) is 9.78 Å². The Morgan fingerprint density at radius 3 is 2.95 bits per heavy atom. The van der Waals surface area contributed by atoms with E-state index in [1.165, 1.54) is 24.0 Å². The van der Waals surface area contributed by atoms with Crippen molar-refractivity contribution in [3.05, 3.63) is 51.8 Å². The third-order valence-electron chi connectivity index (χ3n) is 4.10. The molecule has 1 aromatic carbocycles. The van der Waals surface area contributed by atoms with Crippen molar-refractivity contribution in [1.29, 1.82) is 0 Å². The van der Waals surface area contributed by atoms with Crippen LogP contribution in [0.3, 0.4) is 0 Å². The highest BCUT2D eigenvalue weighted by molar-refractivity contribution is 9.10. The molecule has 0 amide bonds. The molecule has 100 valence electrons. The summed E-state index contributed by atoms with van der Waals surface area (Å²) >= 11 is 3.56. The molecule has 1 aromatic heterocycles. The summed E-state index contributed by atoms with van der Waals surface area (Å²) in [4.78, 5) is 0. The van der Waals surface area contributed by atoms with Gasteiger partial charge in [-0.1, -0.05) is 24.3 Å². The van der Waals surface area contributed by atoms with Gasteiger partial charge in [-0.25, -0.2) is 0 Å². The standard InChI is InChI=1S/C15H18BrN3/c1-19-15(13(16)9-18-19)14(17)12-8-4-6-10-5-2-3-7-11(10)12/h2-3,5,7,9,12,14H,4,6,8,17H2,1H3. The minimum Gasteiger partial charge on any atom is -0.322 e. The number of halogens is 1. The van der Waals surface area contributed by atoms with E-state index < -0.39 is 0 Å². The maximum atomic E-state index is 6.54. The molecule has 1 heterocycles. The van der Waals surface area contributed by atoms with Crippen LogP contribution in [-0.4, -0.2) is 9.78 Å². The van der Waals surface area contributed by atoms with Crippen molar-refractivity contribution in [3.8, 4) is 0 Å². The molecule has 0 spiro atoms. The smallest absolute Gasteiger partial charge is 0.0696 e. The average molecular weight is 320 g/mol. The topological polar surface area (TPSA) is 43.8 Å². The van der Waals surface area contributed by atoms with E-state index in [0.717, 1.165) is 16.6 Å². The molecular weight excluding hydrogens is 302 g/mol. The van der Waals surface area contributed by atoms with E-state index >= 15 is 0 Å². The van der Waals surface area contributed by atoms with Gasteiger partial charge in [-0.3, -0.25) is 4.68 Å². The zero-order valence-electron chi connectivity index (χ0n) is 11.0.